The Hall–Kier alpha value is -0.920. The number of ketones is 2. The molecule has 2 nitrogen and oxygen atoms in total. The number of carbonyl (C=O) groups is 2. The van der Waals surface area contributed by atoms with E-state index in [-0.39, 0.29) is 11.3 Å². The SMILES string of the molecule is O=C1C[C@H]2C[C@@]3(CC=CCCC3=O)C3C1[C@H]32. The first-order chi connectivity index (χ1) is 7.74. The van der Waals surface area contributed by atoms with Crippen LogP contribution in [0, 0.1) is 29.1 Å². The average Bonchev–Trinajstić information content (AvgIpc) is 2.88. The first-order valence-electron chi connectivity index (χ1n) is 6.45. The lowest BCUT2D eigenvalue weighted by Gasteiger charge is -2.28. The van der Waals surface area contributed by atoms with Gasteiger partial charge in [0.15, 0.2) is 0 Å². The fraction of sp³-hybridized carbons (Fsp3) is 0.714. The quantitative estimate of drug-likeness (QED) is 0.581. The Morgan fingerprint density at radius 3 is 2.88 bits per heavy atom. The van der Waals surface area contributed by atoms with E-state index in [9.17, 15) is 9.59 Å². The summed E-state index contributed by atoms with van der Waals surface area (Å²) < 4.78 is 0. The van der Waals surface area contributed by atoms with E-state index < -0.39 is 0 Å². The lowest BCUT2D eigenvalue weighted by Crippen LogP contribution is -2.31. The molecule has 0 N–H and O–H groups in total. The van der Waals surface area contributed by atoms with Crippen LogP contribution >= 0.6 is 0 Å². The van der Waals surface area contributed by atoms with E-state index in [0.29, 0.717) is 35.7 Å². The molecule has 16 heavy (non-hydrogen) atoms. The predicted octanol–water partition coefficient (Wildman–Crippen LogP) is 2.14. The van der Waals surface area contributed by atoms with Gasteiger partial charge in [0.05, 0.1) is 0 Å². The van der Waals surface area contributed by atoms with Gasteiger partial charge in [-0.3, -0.25) is 9.59 Å². The highest BCUT2D eigenvalue weighted by atomic mass is 16.1. The molecule has 5 atom stereocenters. The second-order valence-corrected chi connectivity index (χ2v) is 6.06. The van der Waals surface area contributed by atoms with Crippen molar-refractivity contribution in [2.75, 3.05) is 0 Å². The molecule has 4 aliphatic carbocycles. The molecule has 0 heterocycles. The number of allylic oxidation sites excluding steroid dienone is 2. The summed E-state index contributed by atoms with van der Waals surface area (Å²) in [7, 11) is 0. The maximum Gasteiger partial charge on any atom is 0.139 e. The van der Waals surface area contributed by atoms with Crippen LogP contribution in [0.4, 0.5) is 0 Å². The number of Topliss-reactive ketones (excluding diaryl/α,β-unsaturated/α-hetero) is 2. The van der Waals surface area contributed by atoms with E-state index in [1.54, 1.807) is 0 Å². The van der Waals surface area contributed by atoms with E-state index in [2.05, 4.69) is 12.2 Å². The lowest BCUT2D eigenvalue weighted by molar-refractivity contribution is -0.129. The van der Waals surface area contributed by atoms with Gasteiger partial charge in [-0.2, -0.15) is 0 Å². The molecule has 2 unspecified atom stereocenters. The number of rotatable bonds is 0. The van der Waals surface area contributed by atoms with Gasteiger partial charge in [-0.05, 0) is 37.0 Å². The van der Waals surface area contributed by atoms with E-state index >= 15 is 0 Å². The van der Waals surface area contributed by atoms with Crippen LogP contribution in [0.3, 0.4) is 0 Å². The molecular formula is C14H16O2. The molecule has 0 aromatic heterocycles. The maximum atomic E-state index is 12.3. The van der Waals surface area contributed by atoms with Crippen LogP contribution in [0.15, 0.2) is 12.2 Å². The van der Waals surface area contributed by atoms with Gasteiger partial charge in [-0.1, -0.05) is 12.2 Å². The van der Waals surface area contributed by atoms with Gasteiger partial charge in [0.1, 0.15) is 11.6 Å². The Bertz CT molecular complexity index is 422. The molecule has 0 aromatic rings. The van der Waals surface area contributed by atoms with Crippen molar-refractivity contribution in [1.29, 1.82) is 0 Å². The molecule has 3 saturated carbocycles. The van der Waals surface area contributed by atoms with E-state index in [4.69, 9.17) is 0 Å². The van der Waals surface area contributed by atoms with Gasteiger partial charge in [-0.15, -0.1) is 0 Å². The van der Waals surface area contributed by atoms with Crippen molar-refractivity contribution >= 4 is 11.6 Å². The average molecular weight is 216 g/mol. The molecule has 0 amide bonds. The highest BCUT2D eigenvalue weighted by Crippen LogP contribution is 2.75. The second kappa shape index (κ2) is 2.66. The van der Waals surface area contributed by atoms with E-state index in [1.165, 1.54) is 0 Å². The van der Waals surface area contributed by atoms with Gasteiger partial charge in [0.25, 0.3) is 0 Å². The molecule has 84 valence electrons. The number of fused-ring (bicyclic) bond motifs is 2. The Kier molecular flexibility index (Phi) is 1.52. The van der Waals surface area contributed by atoms with Crippen molar-refractivity contribution in [3.63, 3.8) is 0 Å². The van der Waals surface area contributed by atoms with Crippen molar-refractivity contribution in [2.45, 2.75) is 32.1 Å². The first-order valence-corrected chi connectivity index (χ1v) is 6.45. The number of hydrogen-bond donors (Lipinski definition) is 0. The largest absolute Gasteiger partial charge is 0.299 e. The minimum absolute atomic E-state index is 0.112. The molecule has 0 aliphatic heterocycles. The topological polar surface area (TPSA) is 34.1 Å². The predicted molar refractivity (Wildman–Crippen MR) is 58.6 cm³/mol. The molecule has 1 spiro atoms. The third-order valence-electron chi connectivity index (χ3n) is 5.46. The van der Waals surface area contributed by atoms with Gasteiger partial charge in [0.2, 0.25) is 0 Å². The molecular weight excluding hydrogens is 200 g/mol. The summed E-state index contributed by atoms with van der Waals surface area (Å²) in [5.74, 6) is 2.79. The molecule has 4 rings (SSSR count). The third-order valence-corrected chi connectivity index (χ3v) is 5.46. The molecule has 0 aromatic carbocycles. The number of hydrogen-bond acceptors (Lipinski definition) is 2. The highest BCUT2D eigenvalue weighted by molar-refractivity contribution is 5.94. The zero-order valence-electron chi connectivity index (χ0n) is 9.32. The highest BCUT2D eigenvalue weighted by Gasteiger charge is 2.76. The number of carbonyl (C=O) groups excluding carboxylic acids is 2. The minimum atomic E-state index is -0.112. The van der Waals surface area contributed by atoms with Gasteiger partial charge >= 0.3 is 0 Å². The summed E-state index contributed by atoms with van der Waals surface area (Å²) in [6.45, 7) is 0. The van der Waals surface area contributed by atoms with Crippen LogP contribution in [0.25, 0.3) is 0 Å². The molecule has 2 heteroatoms. The fourth-order valence-corrected chi connectivity index (χ4v) is 4.90. The summed E-state index contributed by atoms with van der Waals surface area (Å²) >= 11 is 0. The maximum absolute atomic E-state index is 12.3. The molecule has 4 aliphatic rings. The zero-order valence-corrected chi connectivity index (χ0v) is 9.32. The van der Waals surface area contributed by atoms with Crippen LogP contribution in [-0.2, 0) is 9.59 Å². The van der Waals surface area contributed by atoms with Gasteiger partial charge in [0, 0.05) is 24.2 Å². The van der Waals surface area contributed by atoms with Crippen LogP contribution in [-0.4, -0.2) is 11.6 Å². The summed E-state index contributed by atoms with van der Waals surface area (Å²) in [6.07, 6.45) is 8.63. The third kappa shape index (κ3) is 0.861. The van der Waals surface area contributed by atoms with Crippen LogP contribution in [0.5, 0.6) is 0 Å². The molecule has 3 fully saturated rings. The van der Waals surface area contributed by atoms with Gasteiger partial charge < -0.3 is 0 Å². The van der Waals surface area contributed by atoms with E-state index in [1.807, 2.05) is 0 Å². The molecule has 0 saturated heterocycles. The summed E-state index contributed by atoms with van der Waals surface area (Å²) in [5, 5.41) is 0. The Balaban J connectivity index is 1.76. The van der Waals surface area contributed by atoms with Gasteiger partial charge in [-0.25, -0.2) is 0 Å². The molecule has 0 bridgehead atoms. The lowest BCUT2D eigenvalue weighted by atomic mass is 9.73. The Morgan fingerprint density at radius 2 is 2.12 bits per heavy atom. The summed E-state index contributed by atoms with van der Waals surface area (Å²) in [6, 6.07) is 0. The standard InChI is InChI=1S/C14H16O2/c15-9-6-8-7-14(13-11(8)12(9)13)5-3-1-2-4-10(14)16/h1,3,8,11-13H,2,4-7H2/t8-,11+,12?,13?,14+/m0/s1. The normalized spacial score (nSPS) is 53.2. The monoisotopic (exact) mass is 216 g/mol. The summed E-state index contributed by atoms with van der Waals surface area (Å²) in [4.78, 5) is 24.1. The van der Waals surface area contributed by atoms with Crippen LogP contribution < -0.4 is 0 Å². The van der Waals surface area contributed by atoms with Crippen molar-refractivity contribution in [3.8, 4) is 0 Å². The first kappa shape index (κ1) is 9.15. The van der Waals surface area contributed by atoms with Crippen molar-refractivity contribution < 1.29 is 9.59 Å². The fourth-order valence-electron chi connectivity index (χ4n) is 4.90. The second-order valence-electron chi connectivity index (χ2n) is 6.06. The van der Waals surface area contributed by atoms with Crippen molar-refractivity contribution in [3.05, 3.63) is 12.2 Å². The smallest absolute Gasteiger partial charge is 0.139 e. The molecule has 0 radical (unpaired) electrons. The van der Waals surface area contributed by atoms with Crippen molar-refractivity contribution in [2.24, 2.45) is 29.1 Å². The van der Waals surface area contributed by atoms with Crippen LogP contribution in [0.1, 0.15) is 32.1 Å². The van der Waals surface area contributed by atoms with Crippen molar-refractivity contribution in [1.82, 2.24) is 0 Å². The van der Waals surface area contributed by atoms with E-state index in [0.717, 1.165) is 25.7 Å². The minimum Gasteiger partial charge on any atom is -0.299 e. The van der Waals surface area contributed by atoms with Crippen LogP contribution in [0.2, 0.25) is 0 Å². The zero-order chi connectivity index (χ0) is 10.9. The Labute approximate surface area is 95.1 Å². The Morgan fingerprint density at radius 1 is 1.25 bits per heavy atom. The summed E-state index contributed by atoms with van der Waals surface area (Å²) in [5.41, 5.74) is -0.112.